The van der Waals surface area contributed by atoms with Gasteiger partial charge >= 0.3 is 0 Å². The highest BCUT2D eigenvalue weighted by Gasteiger charge is 2.24. The molecular formula is C20H31N5. The summed E-state index contributed by atoms with van der Waals surface area (Å²) in [6, 6.07) is 9.06. The molecule has 0 unspecified atom stereocenters. The summed E-state index contributed by atoms with van der Waals surface area (Å²) >= 11 is 0. The minimum Gasteiger partial charge on any atom is -0.341 e. The zero-order valence-electron chi connectivity index (χ0n) is 15.5. The van der Waals surface area contributed by atoms with Crippen molar-refractivity contribution in [1.29, 1.82) is 0 Å². The molecule has 2 saturated heterocycles. The van der Waals surface area contributed by atoms with E-state index in [4.69, 9.17) is 4.98 Å². The number of hydrogen-bond acceptors (Lipinski definition) is 4. The predicted molar refractivity (Wildman–Crippen MR) is 103 cm³/mol. The molecule has 0 aliphatic carbocycles. The molecule has 1 N–H and O–H groups in total. The van der Waals surface area contributed by atoms with E-state index in [0.29, 0.717) is 6.04 Å². The molecule has 2 fully saturated rings. The van der Waals surface area contributed by atoms with Crippen LogP contribution in [0.4, 0.5) is 0 Å². The van der Waals surface area contributed by atoms with Crippen LogP contribution in [0.2, 0.25) is 0 Å². The van der Waals surface area contributed by atoms with Gasteiger partial charge in [-0.1, -0.05) is 18.6 Å². The Balaban J connectivity index is 1.35. The van der Waals surface area contributed by atoms with Gasteiger partial charge < -0.3 is 14.8 Å². The van der Waals surface area contributed by atoms with E-state index in [1.807, 2.05) is 0 Å². The summed E-state index contributed by atoms with van der Waals surface area (Å²) in [5.41, 5.74) is 2.24. The first kappa shape index (κ1) is 17.0. The summed E-state index contributed by atoms with van der Waals surface area (Å²) in [7, 11) is 2.23. The number of likely N-dealkylation sites (tertiary alicyclic amines) is 1. The van der Waals surface area contributed by atoms with E-state index in [1.165, 1.54) is 65.0 Å². The van der Waals surface area contributed by atoms with Crippen LogP contribution in [0.25, 0.3) is 11.0 Å². The molecule has 5 nitrogen and oxygen atoms in total. The minimum atomic E-state index is 0.710. The maximum absolute atomic E-state index is 4.79. The number of benzene rings is 1. The van der Waals surface area contributed by atoms with Crippen molar-refractivity contribution in [3.8, 4) is 0 Å². The molecule has 1 atom stereocenters. The van der Waals surface area contributed by atoms with E-state index in [9.17, 15) is 0 Å². The van der Waals surface area contributed by atoms with E-state index < -0.39 is 0 Å². The number of aromatic nitrogens is 2. The number of nitrogens with one attached hydrogen (secondary N) is 1. The molecule has 2 aromatic rings. The lowest BCUT2D eigenvalue weighted by molar-refractivity contribution is 0.100. The van der Waals surface area contributed by atoms with E-state index in [-0.39, 0.29) is 0 Å². The van der Waals surface area contributed by atoms with Gasteiger partial charge in [0.1, 0.15) is 5.82 Å². The van der Waals surface area contributed by atoms with Crippen LogP contribution in [-0.2, 0) is 6.54 Å². The second kappa shape index (κ2) is 7.85. The number of para-hydroxylation sites is 2. The van der Waals surface area contributed by atoms with Crippen molar-refractivity contribution in [2.45, 2.75) is 38.3 Å². The number of nitrogens with zero attached hydrogens (tertiary/aromatic N) is 4. The molecule has 5 heteroatoms. The molecule has 0 radical (unpaired) electrons. The lowest BCUT2D eigenvalue weighted by Crippen LogP contribution is -2.47. The number of likely N-dealkylation sites (N-methyl/N-ethyl adjacent to an activating group) is 1. The Kier molecular flexibility index (Phi) is 5.34. The quantitative estimate of drug-likeness (QED) is 0.907. The van der Waals surface area contributed by atoms with Crippen LogP contribution in [0.15, 0.2) is 24.3 Å². The van der Waals surface area contributed by atoms with Gasteiger partial charge in [-0.15, -0.1) is 0 Å². The third-order valence-corrected chi connectivity index (χ3v) is 5.91. The standard InChI is InChI=1S/C20H31N5/c1-23-12-14-24(15-13-23)11-9-17-6-4-5-10-25(17)16-20-21-18-7-2-3-8-19(18)22-20/h2-3,7-8,17H,4-6,9-16H2,1H3,(H,21,22)/t17-/m1/s1. The first-order valence-electron chi connectivity index (χ1n) is 9.86. The zero-order valence-corrected chi connectivity index (χ0v) is 15.5. The first-order chi connectivity index (χ1) is 12.3. The average Bonchev–Trinajstić information content (AvgIpc) is 3.05. The van der Waals surface area contributed by atoms with Gasteiger partial charge in [0.2, 0.25) is 0 Å². The predicted octanol–water partition coefficient (Wildman–Crippen LogP) is 2.55. The van der Waals surface area contributed by atoms with Crippen molar-refractivity contribution in [3.05, 3.63) is 30.1 Å². The van der Waals surface area contributed by atoms with Crippen LogP contribution < -0.4 is 0 Å². The van der Waals surface area contributed by atoms with Crippen molar-refractivity contribution < 1.29 is 0 Å². The number of rotatable bonds is 5. The van der Waals surface area contributed by atoms with E-state index in [1.54, 1.807) is 0 Å². The van der Waals surface area contributed by atoms with Gasteiger partial charge in [0.15, 0.2) is 0 Å². The lowest BCUT2D eigenvalue weighted by atomic mass is 9.99. The number of aromatic amines is 1. The van der Waals surface area contributed by atoms with Crippen LogP contribution in [0.1, 0.15) is 31.5 Å². The number of H-pyrrole nitrogens is 1. The topological polar surface area (TPSA) is 38.4 Å². The number of imidazole rings is 1. The summed E-state index contributed by atoms with van der Waals surface area (Å²) in [4.78, 5) is 16.0. The highest BCUT2D eigenvalue weighted by molar-refractivity contribution is 5.74. The zero-order chi connectivity index (χ0) is 17.1. The molecule has 0 spiro atoms. The van der Waals surface area contributed by atoms with Crippen LogP contribution in [-0.4, -0.2) is 77.0 Å². The highest BCUT2D eigenvalue weighted by atomic mass is 15.3. The lowest BCUT2D eigenvalue weighted by Gasteiger charge is -2.38. The maximum atomic E-state index is 4.79. The summed E-state index contributed by atoms with van der Waals surface area (Å²) < 4.78 is 0. The Labute approximate surface area is 151 Å². The first-order valence-corrected chi connectivity index (χ1v) is 9.86. The fourth-order valence-corrected chi connectivity index (χ4v) is 4.27. The van der Waals surface area contributed by atoms with Gasteiger partial charge in [0, 0.05) is 32.2 Å². The number of piperazine rings is 1. The van der Waals surface area contributed by atoms with Crippen LogP contribution in [0, 0.1) is 0 Å². The molecule has 136 valence electrons. The van der Waals surface area contributed by atoms with E-state index in [0.717, 1.165) is 23.4 Å². The Bertz CT molecular complexity index is 641. The summed E-state index contributed by atoms with van der Waals surface area (Å²) in [5, 5.41) is 0. The molecule has 25 heavy (non-hydrogen) atoms. The summed E-state index contributed by atoms with van der Waals surface area (Å²) in [5.74, 6) is 1.12. The SMILES string of the molecule is CN1CCN(CC[C@H]2CCCCN2Cc2nc3ccccc3[nH]2)CC1. The third kappa shape index (κ3) is 4.22. The Morgan fingerprint density at radius 3 is 2.76 bits per heavy atom. The van der Waals surface area contributed by atoms with Crippen LogP contribution in [0.5, 0.6) is 0 Å². The van der Waals surface area contributed by atoms with Gasteiger partial charge in [-0.3, -0.25) is 4.90 Å². The van der Waals surface area contributed by atoms with Gasteiger partial charge in [0.25, 0.3) is 0 Å². The van der Waals surface area contributed by atoms with E-state index in [2.05, 4.69) is 51.0 Å². The maximum Gasteiger partial charge on any atom is 0.121 e. The van der Waals surface area contributed by atoms with Gasteiger partial charge in [-0.25, -0.2) is 4.98 Å². The number of fused-ring (bicyclic) bond motifs is 1. The third-order valence-electron chi connectivity index (χ3n) is 5.91. The molecule has 2 aliphatic rings. The molecule has 1 aromatic carbocycles. The number of hydrogen-bond donors (Lipinski definition) is 1. The molecule has 2 aliphatic heterocycles. The Morgan fingerprint density at radius 2 is 1.92 bits per heavy atom. The van der Waals surface area contributed by atoms with Gasteiger partial charge in [-0.05, 0) is 51.5 Å². The monoisotopic (exact) mass is 341 g/mol. The Hall–Kier alpha value is -1.43. The molecular weight excluding hydrogens is 310 g/mol. The highest BCUT2D eigenvalue weighted by Crippen LogP contribution is 2.22. The second-order valence-corrected chi connectivity index (χ2v) is 7.75. The van der Waals surface area contributed by atoms with Gasteiger partial charge in [-0.2, -0.15) is 0 Å². The Morgan fingerprint density at radius 1 is 1.08 bits per heavy atom. The smallest absolute Gasteiger partial charge is 0.121 e. The van der Waals surface area contributed by atoms with Gasteiger partial charge in [0.05, 0.1) is 17.6 Å². The van der Waals surface area contributed by atoms with Crippen LogP contribution >= 0.6 is 0 Å². The minimum absolute atomic E-state index is 0.710. The molecule has 0 amide bonds. The summed E-state index contributed by atoms with van der Waals surface area (Å²) in [6.45, 7) is 8.31. The molecule has 4 rings (SSSR count). The fraction of sp³-hybridized carbons (Fsp3) is 0.650. The second-order valence-electron chi connectivity index (χ2n) is 7.75. The molecule has 0 bridgehead atoms. The fourth-order valence-electron chi connectivity index (χ4n) is 4.27. The van der Waals surface area contributed by atoms with Crippen molar-refractivity contribution in [3.63, 3.8) is 0 Å². The van der Waals surface area contributed by atoms with Crippen molar-refractivity contribution in [2.24, 2.45) is 0 Å². The van der Waals surface area contributed by atoms with Crippen molar-refractivity contribution >= 4 is 11.0 Å². The summed E-state index contributed by atoms with van der Waals surface area (Å²) in [6.07, 6.45) is 5.34. The average molecular weight is 342 g/mol. The van der Waals surface area contributed by atoms with Crippen molar-refractivity contribution in [2.75, 3.05) is 46.3 Å². The van der Waals surface area contributed by atoms with Crippen LogP contribution in [0.3, 0.4) is 0 Å². The number of piperidine rings is 1. The largest absolute Gasteiger partial charge is 0.341 e. The normalized spacial score (nSPS) is 24.1. The molecule has 3 heterocycles. The molecule has 1 aromatic heterocycles. The molecule has 0 saturated carbocycles. The van der Waals surface area contributed by atoms with Crippen molar-refractivity contribution in [1.82, 2.24) is 24.7 Å². The van der Waals surface area contributed by atoms with E-state index >= 15 is 0 Å².